The smallest absolute Gasteiger partial charge is 0.304 e. The Kier molecular flexibility index (Phi) is 7.10. The van der Waals surface area contributed by atoms with E-state index in [-0.39, 0.29) is 17.0 Å². The molecule has 1 aromatic carbocycles. The number of benzene rings is 1. The number of nitrogens with two attached hydrogens (primary N) is 1. The molecule has 10 nitrogen and oxygen atoms in total. The van der Waals surface area contributed by atoms with Gasteiger partial charge in [0.1, 0.15) is 5.82 Å². The maximum Gasteiger partial charge on any atom is 0.304 e. The van der Waals surface area contributed by atoms with E-state index in [1.807, 2.05) is 36.5 Å². The van der Waals surface area contributed by atoms with Gasteiger partial charge in [-0.25, -0.2) is 18.1 Å². The van der Waals surface area contributed by atoms with Gasteiger partial charge >= 0.3 is 5.97 Å². The van der Waals surface area contributed by atoms with Gasteiger partial charge in [-0.3, -0.25) is 9.78 Å². The fraction of sp³-hybridized carbons (Fsp3) is 0.231. The largest absolute Gasteiger partial charge is 0.440 e. The SMILES string of the molecule is CC(=O)OC(C)(C)Nc1cccc(C(N)(Cc2ccc(-n3cccn3)cc2)S(=O)(=O)c2cccnc2)n1. The Morgan fingerprint density at radius 1 is 1.05 bits per heavy atom. The Hall–Kier alpha value is -4.09. The van der Waals surface area contributed by atoms with Crippen LogP contribution < -0.4 is 11.1 Å². The molecule has 37 heavy (non-hydrogen) atoms. The number of hydrogen-bond acceptors (Lipinski definition) is 9. The number of carbonyl (C=O) groups is 1. The number of sulfone groups is 1. The summed E-state index contributed by atoms with van der Waals surface area (Å²) in [4.78, 5) is 18.0. The molecule has 0 radical (unpaired) electrons. The van der Waals surface area contributed by atoms with Crippen molar-refractivity contribution in [1.82, 2.24) is 19.7 Å². The molecule has 4 rings (SSSR count). The minimum Gasteiger partial charge on any atom is -0.440 e. The van der Waals surface area contributed by atoms with E-state index in [4.69, 9.17) is 10.5 Å². The van der Waals surface area contributed by atoms with E-state index < -0.39 is 26.4 Å². The summed E-state index contributed by atoms with van der Waals surface area (Å²) in [5.41, 5.74) is 7.34. The van der Waals surface area contributed by atoms with E-state index in [1.54, 1.807) is 49.0 Å². The quantitative estimate of drug-likeness (QED) is 0.251. The molecule has 0 bridgehead atoms. The summed E-state index contributed by atoms with van der Waals surface area (Å²) >= 11 is 0. The molecule has 3 N–H and O–H groups in total. The first-order valence-electron chi connectivity index (χ1n) is 11.5. The van der Waals surface area contributed by atoms with Crippen molar-refractivity contribution in [3.63, 3.8) is 0 Å². The van der Waals surface area contributed by atoms with Crippen molar-refractivity contribution in [2.24, 2.45) is 5.73 Å². The zero-order valence-corrected chi connectivity index (χ0v) is 21.5. The average molecular weight is 521 g/mol. The standard InChI is InChI=1S/C26H28N6O4S/c1-19(33)36-25(2,3)31-24-9-4-8-23(30-24)26(27,37(34,35)22-7-5-14-28-18-22)17-20-10-12-21(13-11-20)32-16-6-15-29-32/h4-16,18H,17,27H2,1-3H3,(H,30,31). The Bertz CT molecular complexity index is 1470. The molecule has 1 atom stereocenters. The van der Waals surface area contributed by atoms with Gasteiger partial charge in [0.05, 0.1) is 16.3 Å². The van der Waals surface area contributed by atoms with E-state index in [2.05, 4.69) is 20.4 Å². The molecule has 0 aliphatic carbocycles. The number of esters is 1. The van der Waals surface area contributed by atoms with Crippen LogP contribution in [0.2, 0.25) is 0 Å². The van der Waals surface area contributed by atoms with Crippen LogP contribution in [0.25, 0.3) is 5.69 Å². The van der Waals surface area contributed by atoms with Gasteiger partial charge in [0.25, 0.3) is 0 Å². The third-order valence-electron chi connectivity index (χ3n) is 5.61. The number of anilines is 1. The van der Waals surface area contributed by atoms with Gasteiger partial charge in [0, 0.05) is 38.1 Å². The van der Waals surface area contributed by atoms with Crippen LogP contribution in [0.5, 0.6) is 0 Å². The van der Waals surface area contributed by atoms with Crippen LogP contribution in [0.15, 0.2) is 90.3 Å². The van der Waals surface area contributed by atoms with Crippen LogP contribution >= 0.6 is 0 Å². The second kappa shape index (κ2) is 10.1. The van der Waals surface area contributed by atoms with Crippen LogP contribution in [0.4, 0.5) is 5.82 Å². The number of rotatable bonds is 9. The molecular weight excluding hydrogens is 492 g/mol. The van der Waals surface area contributed by atoms with Gasteiger partial charge < -0.3 is 15.8 Å². The van der Waals surface area contributed by atoms with Crippen molar-refractivity contribution in [3.05, 3.63) is 96.7 Å². The van der Waals surface area contributed by atoms with Gasteiger partial charge in [-0.15, -0.1) is 0 Å². The fourth-order valence-electron chi connectivity index (χ4n) is 3.96. The number of hydrogen-bond donors (Lipinski definition) is 2. The third kappa shape index (κ3) is 5.68. The van der Waals surface area contributed by atoms with Crippen molar-refractivity contribution in [3.8, 4) is 5.69 Å². The summed E-state index contributed by atoms with van der Waals surface area (Å²) < 4.78 is 34.9. The summed E-state index contributed by atoms with van der Waals surface area (Å²) in [6.45, 7) is 4.62. The van der Waals surface area contributed by atoms with E-state index in [0.29, 0.717) is 11.4 Å². The van der Waals surface area contributed by atoms with Gasteiger partial charge in [-0.1, -0.05) is 18.2 Å². The Balaban J connectivity index is 1.76. The lowest BCUT2D eigenvalue weighted by atomic mass is 10.0. The highest BCUT2D eigenvalue weighted by molar-refractivity contribution is 7.92. The number of aromatic nitrogens is 4. The van der Waals surface area contributed by atoms with E-state index in [1.165, 1.54) is 25.4 Å². The topological polar surface area (TPSA) is 142 Å². The molecule has 0 saturated carbocycles. The molecular formula is C26H28N6O4S. The second-order valence-electron chi connectivity index (χ2n) is 9.01. The van der Waals surface area contributed by atoms with E-state index in [9.17, 15) is 13.2 Å². The molecule has 3 aromatic heterocycles. The number of ether oxygens (including phenoxy) is 1. The molecule has 3 heterocycles. The number of pyridine rings is 2. The molecule has 192 valence electrons. The highest BCUT2D eigenvalue weighted by atomic mass is 32.2. The van der Waals surface area contributed by atoms with Gasteiger partial charge in [-0.05, 0) is 61.9 Å². The van der Waals surface area contributed by atoms with Crippen molar-refractivity contribution in [1.29, 1.82) is 0 Å². The van der Waals surface area contributed by atoms with Crippen LogP contribution in [-0.4, -0.2) is 39.9 Å². The highest BCUT2D eigenvalue weighted by Crippen LogP contribution is 2.34. The van der Waals surface area contributed by atoms with Crippen LogP contribution in [0, 0.1) is 0 Å². The zero-order chi connectivity index (χ0) is 26.7. The highest BCUT2D eigenvalue weighted by Gasteiger charge is 2.44. The van der Waals surface area contributed by atoms with Crippen molar-refractivity contribution < 1.29 is 17.9 Å². The fourth-order valence-corrected chi connectivity index (χ4v) is 5.59. The lowest BCUT2D eigenvalue weighted by Gasteiger charge is -2.30. The number of nitrogens with one attached hydrogen (secondary N) is 1. The van der Waals surface area contributed by atoms with Crippen molar-refractivity contribution in [2.75, 3.05) is 5.32 Å². The maximum atomic E-state index is 13.9. The van der Waals surface area contributed by atoms with E-state index >= 15 is 0 Å². The Morgan fingerprint density at radius 2 is 1.81 bits per heavy atom. The Morgan fingerprint density at radius 3 is 2.43 bits per heavy atom. The third-order valence-corrected chi connectivity index (χ3v) is 7.78. The molecule has 0 fully saturated rings. The molecule has 0 aliphatic heterocycles. The summed E-state index contributed by atoms with van der Waals surface area (Å²) in [6.07, 6.45) is 6.19. The Labute approximate surface area is 215 Å². The summed E-state index contributed by atoms with van der Waals surface area (Å²) in [5.74, 6) is -0.173. The van der Waals surface area contributed by atoms with Crippen LogP contribution in [0.1, 0.15) is 32.0 Å². The molecule has 0 spiro atoms. The first-order chi connectivity index (χ1) is 17.5. The van der Waals surface area contributed by atoms with Crippen LogP contribution in [0.3, 0.4) is 0 Å². The normalized spacial score (nSPS) is 13.5. The molecule has 0 amide bonds. The molecule has 11 heteroatoms. The lowest BCUT2D eigenvalue weighted by Crippen LogP contribution is -2.47. The molecule has 0 aliphatic rings. The molecule has 0 saturated heterocycles. The molecule has 1 unspecified atom stereocenters. The predicted octanol–water partition coefficient (Wildman–Crippen LogP) is 3.20. The summed E-state index contributed by atoms with van der Waals surface area (Å²) in [5, 5.41) is 7.23. The lowest BCUT2D eigenvalue weighted by molar-refractivity contribution is -0.151. The minimum absolute atomic E-state index is 0.0222. The van der Waals surface area contributed by atoms with Gasteiger partial charge in [0.15, 0.2) is 10.6 Å². The predicted molar refractivity (Wildman–Crippen MR) is 138 cm³/mol. The minimum atomic E-state index is -4.16. The molecule has 4 aromatic rings. The average Bonchev–Trinajstić information content (AvgIpc) is 3.39. The second-order valence-corrected chi connectivity index (χ2v) is 11.2. The first kappa shape index (κ1) is 26.0. The maximum absolute atomic E-state index is 13.9. The van der Waals surface area contributed by atoms with E-state index in [0.717, 1.165) is 5.69 Å². The zero-order valence-electron chi connectivity index (χ0n) is 20.7. The summed E-state index contributed by atoms with van der Waals surface area (Å²) in [6, 6.07) is 17.0. The number of nitrogens with zero attached hydrogens (tertiary/aromatic N) is 4. The van der Waals surface area contributed by atoms with Crippen molar-refractivity contribution >= 4 is 21.6 Å². The first-order valence-corrected chi connectivity index (χ1v) is 13.0. The van der Waals surface area contributed by atoms with Gasteiger partial charge in [-0.2, -0.15) is 5.10 Å². The van der Waals surface area contributed by atoms with Crippen molar-refractivity contribution in [2.45, 2.75) is 42.7 Å². The number of carbonyl (C=O) groups excluding carboxylic acids is 1. The van der Waals surface area contributed by atoms with Gasteiger partial charge in [0.2, 0.25) is 9.84 Å². The van der Waals surface area contributed by atoms with Crippen LogP contribution in [-0.2, 0) is 30.7 Å². The monoisotopic (exact) mass is 520 g/mol. The summed E-state index contributed by atoms with van der Waals surface area (Å²) in [7, 11) is -4.16.